The lowest BCUT2D eigenvalue weighted by Gasteiger charge is -2.09. The fourth-order valence-corrected chi connectivity index (χ4v) is 1.46. The monoisotopic (exact) mass is 271 g/mol. The largest absolute Gasteiger partial charge is 0.467 e. The number of methoxy groups -OCH3 is 1. The summed E-state index contributed by atoms with van der Waals surface area (Å²) in [5.74, 6) is 0.847. The lowest BCUT2D eigenvalue weighted by molar-refractivity contribution is 0.359. The van der Waals surface area contributed by atoms with Crippen LogP contribution in [0.15, 0.2) is 18.2 Å². The number of nitrogens with one attached hydrogen (secondary N) is 1. The molecule has 0 radical (unpaired) electrons. The van der Waals surface area contributed by atoms with E-state index in [2.05, 4.69) is 26.3 Å². The molecule has 0 aliphatic heterocycles. The minimum Gasteiger partial charge on any atom is -0.467 e. The summed E-state index contributed by atoms with van der Waals surface area (Å²) in [5.41, 5.74) is 1.37. The van der Waals surface area contributed by atoms with E-state index in [0.717, 1.165) is 5.56 Å². The molecule has 1 aromatic heterocycles. The number of hydrogen-bond acceptors (Lipinski definition) is 7. The predicted octanol–water partition coefficient (Wildman–Crippen LogP) is 1.89. The van der Waals surface area contributed by atoms with Gasteiger partial charge in [-0.2, -0.15) is 15.2 Å². The number of ether oxygens (including phenoxy) is 2. The van der Waals surface area contributed by atoms with Crippen molar-refractivity contribution in [3.63, 3.8) is 0 Å². The fourth-order valence-electron chi connectivity index (χ4n) is 1.46. The minimum atomic E-state index is 0.0967. The second-order valence-corrected chi connectivity index (χ2v) is 3.87. The molecule has 2 rings (SSSR count). The second kappa shape index (κ2) is 5.84. The number of benzene rings is 1. The van der Waals surface area contributed by atoms with Crippen molar-refractivity contribution in [2.45, 2.75) is 6.92 Å². The SMILES string of the molecule is CNc1nc(OC)nc(Oc2cc(C#N)ccc2C)n1. The van der Waals surface area contributed by atoms with Crippen molar-refractivity contribution in [2.75, 3.05) is 19.5 Å². The summed E-state index contributed by atoms with van der Waals surface area (Å²) in [6.45, 7) is 1.87. The second-order valence-electron chi connectivity index (χ2n) is 3.87. The smallest absolute Gasteiger partial charge is 0.330 e. The number of nitrogens with zero attached hydrogens (tertiary/aromatic N) is 4. The maximum atomic E-state index is 8.91. The van der Waals surface area contributed by atoms with Gasteiger partial charge in [0.2, 0.25) is 5.95 Å². The van der Waals surface area contributed by atoms with Gasteiger partial charge >= 0.3 is 12.0 Å². The van der Waals surface area contributed by atoms with E-state index in [1.807, 2.05) is 6.92 Å². The summed E-state index contributed by atoms with van der Waals surface area (Å²) < 4.78 is 10.6. The number of aromatic nitrogens is 3. The van der Waals surface area contributed by atoms with Crippen LogP contribution in [0.2, 0.25) is 0 Å². The Morgan fingerprint density at radius 2 is 1.95 bits per heavy atom. The molecule has 20 heavy (non-hydrogen) atoms. The molecular weight excluding hydrogens is 258 g/mol. The van der Waals surface area contributed by atoms with Crippen molar-refractivity contribution in [3.05, 3.63) is 29.3 Å². The van der Waals surface area contributed by atoms with E-state index in [9.17, 15) is 0 Å². The van der Waals surface area contributed by atoms with Gasteiger partial charge in [-0.15, -0.1) is 4.98 Å². The van der Waals surface area contributed by atoms with Gasteiger partial charge in [0, 0.05) is 7.05 Å². The summed E-state index contributed by atoms with van der Waals surface area (Å²) in [6.07, 6.45) is 0. The molecule has 0 fully saturated rings. The first-order valence-corrected chi connectivity index (χ1v) is 5.82. The van der Waals surface area contributed by atoms with E-state index in [4.69, 9.17) is 14.7 Å². The summed E-state index contributed by atoms with van der Waals surface area (Å²) in [4.78, 5) is 12.1. The third-order valence-corrected chi connectivity index (χ3v) is 2.52. The Hall–Kier alpha value is -2.88. The molecule has 7 nitrogen and oxygen atoms in total. The Morgan fingerprint density at radius 3 is 2.60 bits per heavy atom. The Morgan fingerprint density at radius 1 is 1.20 bits per heavy atom. The van der Waals surface area contributed by atoms with Crippen LogP contribution in [0.5, 0.6) is 17.8 Å². The van der Waals surface area contributed by atoms with Crippen LogP contribution >= 0.6 is 0 Å². The van der Waals surface area contributed by atoms with Crippen LogP contribution in [0.1, 0.15) is 11.1 Å². The molecule has 102 valence electrons. The molecule has 0 saturated heterocycles. The molecule has 0 saturated carbocycles. The topological polar surface area (TPSA) is 93.0 Å². The van der Waals surface area contributed by atoms with Gasteiger partial charge in [0.05, 0.1) is 18.7 Å². The number of aryl methyl sites for hydroxylation is 1. The molecular formula is C13H13N5O2. The predicted molar refractivity (Wildman–Crippen MR) is 71.9 cm³/mol. The Kier molecular flexibility index (Phi) is 3.96. The van der Waals surface area contributed by atoms with E-state index >= 15 is 0 Å². The molecule has 7 heteroatoms. The molecule has 0 aliphatic carbocycles. The number of anilines is 1. The third kappa shape index (κ3) is 2.92. The Labute approximate surface area is 116 Å². The molecule has 0 atom stereocenters. The van der Waals surface area contributed by atoms with Crippen molar-refractivity contribution in [1.82, 2.24) is 15.0 Å². The van der Waals surface area contributed by atoms with E-state index in [1.54, 1.807) is 25.2 Å². The van der Waals surface area contributed by atoms with Gasteiger partial charge in [0.15, 0.2) is 0 Å². The molecule has 1 N–H and O–H groups in total. The average molecular weight is 271 g/mol. The van der Waals surface area contributed by atoms with E-state index in [-0.39, 0.29) is 12.0 Å². The normalized spacial score (nSPS) is 9.70. The summed E-state index contributed by atoms with van der Waals surface area (Å²) in [6, 6.07) is 7.44. The summed E-state index contributed by atoms with van der Waals surface area (Å²) in [7, 11) is 3.14. The van der Waals surface area contributed by atoms with Gasteiger partial charge in [-0.3, -0.25) is 0 Å². The van der Waals surface area contributed by atoms with Crippen molar-refractivity contribution in [2.24, 2.45) is 0 Å². The van der Waals surface area contributed by atoms with Crippen LogP contribution < -0.4 is 14.8 Å². The zero-order valence-corrected chi connectivity index (χ0v) is 11.3. The fraction of sp³-hybridized carbons (Fsp3) is 0.231. The lowest BCUT2D eigenvalue weighted by Crippen LogP contribution is -2.03. The van der Waals surface area contributed by atoms with Crippen molar-refractivity contribution >= 4 is 5.95 Å². The molecule has 0 amide bonds. The number of nitriles is 1. The maximum absolute atomic E-state index is 8.91. The molecule has 0 bridgehead atoms. The van der Waals surface area contributed by atoms with Crippen LogP contribution in [-0.2, 0) is 0 Å². The highest BCUT2D eigenvalue weighted by Gasteiger charge is 2.10. The van der Waals surface area contributed by atoms with Crippen LogP contribution in [0.4, 0.5) is 5.95 Å². The molecule has 0 spiro atoms. The first-order valence-electron chi connectivity index (χ1n) is 5.82. The van der Waals surface area contributed by atoms with Crippen LogP contribution in [0, 0.1) is 18.3 Å². The first-order chi connectivity index (χ1) is 9.66. The Balaban J connectivity index is 2.36. The van der Waals surface area contributed by atoms with Gasteiger partial charge in [0.25, 0.3) is 0 Å². The highest BCUT2D eigenvalue weighted by molar-refractivity contribution is 5.43. The van der Waals surface area contributed by atoms with Crippen molar-refractivity contribution in [3.8, 4) is 23.8 Å². The van der Waals surface area contributed by atoms with Crippen molar-refractivity contribution in [1.29, 1.82) is 5.26 Å². The molecule has 0 unspecified atom stereocenters. The standard InChI is InChI=1S/C13H13N5O2/c1-8-4-5-9(7-14)6-10(8)20-13-17-11(15-2)16-12(18-13)19-3/h4-6H,1-3H3,(H,15,16,17,18). The lowest BCUT2D eigenvalue weighted by atomic mass is 10.1. The zero-order valence-electron chi connectivity index (χ0n) is 11.3. The molecule has 1 aromatic carbocycles. The van der Waals surface area contributed by atoms with Gasteiger partial charge < -0.3 is 14.8 Å². The van der Waals surface area contributed by atoms with Crippen LogP contribution in [-0.4, -0.2) is 29.1 Å². The number of rotatable bonds is 4. The van der Waals surface area contributed by atoms with E-state index in [1.165, 1.54) is 7.11 Å². The van der Waals surface area contributed by atoms with Gasteiger partial charge in [-0.1, -0.05) is 6.07 Å². The maximum Gasteiger partial charge on any atom is 0.330 e. The number of hydrogen-bond donors (Lipinski definition) is 1. The molecule has 2 aromatic rings. The quantitative estimate of drug-likeness (QED) is 0.907. The van der Waals surface area contributed by atoms with E-state index in [0.29, 0.717) is 17.3 Å². The zero-order chi connectivity index (χ0) is 14.5. The van der Waals surface area contributed by atoms with Gasteiger partial charge in [-0.05, 0) is 24.6 Å². The Bertz CT molecular complexity index is 644. The third-order valence-electron chi connectivity index (χ3n) is 2.52. The van der Waals surface area contributed by atoms with Gasteiger partial charge in [-0.25, -0.2) is 0 Å². The van der Waals surface area contributed by atoms with Crippen LogP contribution in [0.3, 0.4) is 0 Å². The summed E-state index contributed by atoms with van der Waals surface area (Å²) in [5, 5.41) is 11.7. The van der Waals surface area contributed by atoms with Gasteiger partial charge in [0.1, 0.15) is 5.75 Å². The molecule has 1 heterocycles. The van der Waals surface area contributed by atoms with E-state index < -0.39 is 0 Å². The summed E-state index contributed by atoms with van der Waals surface area (Å²) >= 11 is 0. The highest BCUT2D eigenvalue weighted by Crippen LogP contribution is 2.25. The molecule has 0 aliphatic rings. The van der Waals surface area contributed by atoms with Crippen molar-refractivity contribution < 1.29 is 9.47 Å². The van der Waals surface area contributed by atoms with Crippen LogP contribution in [0.25, 0.3) is 0 Å². The first kappa shape index (κ1) is 13.5. The average Bonchev–Trinajstić information content (AvgIpc) is 2.49. The minimum absolute atomic E-state index is 0.0967. The highest BCUT2D eigenvalue weighted by atomic mass is 16.5.